The van der Waals surface area contributed by atoms with Gasteiger partial charge in [0.2, 0.25) is 0 Å². The van der Waals surface area contributed by atoms with Gasteiger partial charge in [0.05, 0.1) is 12.7 Å². The summed E-state index contributed by atoms with van der Waals surface area (Å²) in [4.78, 5) is 11.5. The van der Waals surface area contributed by atoms with E-state index in [0.29, 0.717) is 12.8 Å². The number of hydrogen-bond donors (Lipinski definition) is 1. The van der Waals surface area contributed by atoms with E-state index in [0.717, 1.165) is 12.8 Å². The van der Waals surface area contributed by atoms with E-state index in [1.807, 2.05) is 0 Å². The predicted octanol–water partition coefficient (Wildman–Crippen LogP) is 0.870. The standard InChI is InChI=1S/C10H18O4/c1-3-14-9(11)10(12)7-5-4-6-8(10)13-2/h8,12H,3-7H2,1-2H3. The van der Waals surface area contributed by atoms with Gasteiger partial charge in [0.25, 0.3) is 0 Å². The van der Waals surface area contributed by atoms with Crippen molar-refractivity contribution < 1.29 is 19.4 Å². The molecule has 0 aromatic heterocycles. The van der Waals surface area contributed by atoms with Gasteiger partial charge in [0, 0.05) is 7.11 Å². The predicted molar refractivity (Wildman–Crippen MR) is 50.8 cm³/mol. The molecular weight excluding hydrogens is 184 g/mol. The second-order valence-corrected chi connectivity index (χ2v) is 3.61. The molecule has 4 nitrogen and oxygen atoms in total. The third-order valence-electron chi connectivity index (χ3n) is 2.72. The van der Waals surface area contributed by atoms with Crippen molar-refractivity contribution in [1.29, 1.82) is 0 Å². The normalized spacial score (nSPS) is 32.6. The topological polar surface area (TPSA) is 55.8 Å². The summed E-state index contributed by atoms with van der Waals surface area (Å²) >= 11 is 0. The third kappa shape index (κ3) is 2.07. The van der Waals surface area contributed by atoms with Crippen molar-refractivity contribution in [2.45, 2.75) is 44.3 Å². The second-order valence-electron chi connectivity index (χ2n) is 3.61. The summed E-state index contributed by atoms with van der Waals surface area (Å²) in [6.07, 6.45) is 2.56. The van der Waals surface area contributed by atoms with Crippen LogP contribution in [0.4, 0.5) is 0 Å². The average Bonchev–Trinajstić information content (AvgIpc) is 2.19. The van der Waals surface area contributed by atoms with Crippen LogP contribution < -0.4 is 0 Å². The van der Waals surface area contributed by atoms with Gasteiger partial charge in [-0.05, 0) is 26.2 Å². The monoisotopic (exact) mass is 202 g/mol. The van der Waals surface area contributed by atoms with Crippen LogP contribution in [0.3, 0.4) is 0 Å². The molecule has 0 radical (unpaired) electrons. The SMILES string of the molecule is CCOC(=O)C1(O)CCCCC1OC. The van der Waals surface area contributed by atoms with E-state index in [-0.39, 0.29) is 6.61 Å². The first-order chi connectivity index (χ1) is 6.65. The Balaban J connectivity index is 2.71. The van der Waals surface area contributed by atoms with Crippen LogP contribution in [0.25, 0.3) is 0 Å². The van der Waals surface area contributed by atoms with Crippen LogP contribution in [-0.4, -0.2) is 36.5 Å². The van der Waals surface area contributed by atoms with Crippen LogP contribution in [0.15, 0.2) is 0 Å². The van der Waals surface area contributed by atoms with Crippen molar-refractivity contribution in [3.63, 3.8) is 0 Å². The fraction of sp³-hybridized carbons (Fsp3) is 0.900. The van der Waals surface area contributed by atoms with Crippen LogP contribution in [0.2, 0.25) is 0 Å². The van der Waals surface area contributed by atoms with Gasteiger partial charge in [0.15, 0.2) is 5.60 Å². The molecule has 1 fully saturated rings. The summed E-state index contributed by atoms with van der Waals surface area (Å²) in [6.45, 7) is 2.02. The van der Waals surface area contributed by atoms with Gasteiger partial charge in [-0.15, -0.1) is 0 Å². The lowest BCUT2D eigenvalue weighted by molar-refractivity contribution is -0.186. The minimum atomic E-state index is -1.43. The Kier molecular flexibility index (Phi) is 3.89. The molecule has 0 aromatic carbocycles. The Morgan fingerprint density at radius 3 is 2.86 bits per heavy atom. The number of ether oxygens (including phenoxy) is 2. The molecule has 1 aliphatic rings. The van der Waals surface area contributed by atoms with Crippen LogP contribution in [0.1, 0.15) is 32.6 Å². The number of carbonyl (C=O) groups excluding carboxylic acids is 1. The summed E-state index contributed by atoms with van der Waals surface area (Å²) in [5, 5.41) is 10.1. The zero-order valence-electron chi connectivity index (χ0n) is 8.78. The fourth-order valence-electron chi connectivity index (χ4n) is 1.93. The molecule has 0 heterocycles. The second kappa shape index (κ2) is 4.75. The van der Waals surface area contributed by atoms with Gasteiger partial charge in [-0.25, -0.2) is 4.79 Å². The number of aliphatic hydroxyl groups is 1. The molecule has 4 heteroatoms. The molecule has 0 bridgehead atoms. The molecule has 1 rings (SSSR count). The third-order valence-corrected chi connectivity index (χ3v) is 2.72. The maximum absolute atomic E-state index is 11.5. The van der Waals surface area contributed by atoms with Crippen molar-refractivity contribution in [3.8, 4) is 0 Å². The van der Waals surface area contributed by atoms with E-state index in [2.05, 4.69) is 0 Å². The maximum atomic E-state index is 11.5. The van der Waals surface area contributed by atoms with E-state index < -0.39 is 17.7 Å². The van der Waals surface area contributed by atoms with Crippen molar-refractivity contribution in [3.05, 3.63) is 0 Å². The molecule has 0 aliphatic heterocycles. The van der Waals surface area contributed by atoms with E-state index in [4.69, 9.17) is 9.47 Å². The molecule has 0 aromatic rings. The first-order valence-corrected chi connectivity index (χ1v) is 5.07. The molecule has 2 atom stereocenters. The quantitative estimate of drug-likeness (QED) is 0.690. The lowest BCUT2D eigenvalue weighted by atomic mass is 9.82. The lowest BCUT2D eigenvalue weighted by Crippen LogP contribution is -2.53. The van der Waals surface area contributed by atoms with Crippen LogP contribution in [0, 0.1) is 0 Å². The summed E-state index contributed by atoms with van der Waals surface area (Å²) < 4.78 is 9.97. The van der Waals surface area contributed by atoms with Crippen molar-refractivity contribution in [2.75, 3.05) is 13.7 Å². The Morgan fingerprint density at radius 2 is 2.29 bits per heavy atom. The molecule has 1 aliphatic carbocycles. The Morgan fingerprint density at radius 1 is 1.57 bits per heavy atom. The van der Waals surface area contributed by atoms with E-state index in [1.54, 1.807) is 6.92 Å². The lowest BCUT2D eigenvalue weighted by Gasteiger charge is -2.36. The first kappa shape index (κ1) is 11.5. The van der Waals surface area contributed by atoms with E-state index in [9.17, 15) is 9.90 Å². The van der Waals surface area contributed by atoms with Crippen LogP contribution in [0.5, 0.6) is 0 Å². The largest absolute Gasteiger partial charge is 0.464 e. The fourth-order valence-corrected chi connectivity index (χ4v) is 1.93. The Bertz CT molecular complexity index is 204. The van der Waals surface area contributed by atoms with Gasteiger partial charge >= 0.3 is 5.97 Å². The number of hydrogen-bond acceptors (Lipinski definition) is 4. The molecule has 1 N–H and O–H groups in total. The summed E-state index contributed by atoms with van der Waals surface area (Å²) in [7, 11) is 1.51. The van der Waals surface area contributed by atoms with E-state index >= 15 is 0 Å². The van der Waals surface area contributed by atoms with Gasteiger partial charge in [-0.2, -0.15) is 0 Å². The zero-order chi connectivity index (χ0) is 10.6. The molecule has 2 unspecified atom stereocenters. The highest BCUT2D eigenvalue weighted by Crippen LogP contribution is 2.31. The van der Waals surface area contributed by atoms with Gasteiger partial charge in [-0.3, -0.25) is 0 Å². The number of carbonyl (C=O) groups is 1. The van der Waals surface area contributed by atoms with Crippen LogP contribution >= 0.6 is 0 Å². The maximum Gasteiger partial charge on any atom is 0.340 e. The molecule has 0 spiro atoms. The molecular formula is C10H18O4. The number of esters is 1. The van der Waals surface area contributed by atoms with Crippen molar-refractivity contribution >= 4 is 5.97 Å². The summed E-state index contributed by atoms with van der Waals surface area (Å²) in [5.74, 6) is -0.549. The van der Waals surface area contributed by atoms with Crippen molar-refractivity contribution in [2.24, 2.45) is 0 Å². The van der Waals surface area contributed by atoms with Gasteiger partial charge < -0.3 is 14.6 Å². The van der Waals surface area contributed by atoms with E-state index in [1.165, 1.54) is 7.11 Å². The zero-order valence-corrected chi connectivity index (χ0v) is 8.78. The van der Waals surface area contributed by atoms with Gasteiger partial charge in [-0.1, -0.05) is 6.42 Å². The highest BCUT2D eigenvalue weighted by Gasteiger charge is 2.47. The molecule has 0 saturated heterocycles. The minimum absolute atomic E-state index is 0.289. The summed E-state index contributed by atoms with van der Waals surface area (Å²) in [6, 6.07) is 0. The Labute approximate surface area is 84.2 Å². The highest BCUT2D eigenvalue weighted by molar-refractivity contribution is 5.80. The van der Waals surface area contributed by atoms with Crippen molar-refractivity contribution in [1.82, 2.24) is 0 Å². The molecule has 1 saturated carbocycles. The average molecular weight is 202 g/mol. The Hall–Kier alpha value is -0.610. The number of methoxy groups -OCH3 is 1. The molecule has 82 valence electrons. The molecule has 0 amide bonds. The minimum Gasteiger partial charge on any atom is -0.464 e. The smallest absolute Gasteiger partial charge is 0.340 e. The van der Waals surface area contributed by atoms with Crippen LogP contribution in [-0.2, 0) is 14.3 Å². The number of rotatable bonds is 3. The van der Waals surface area contributed by atoms with Gasteiger partial charge in [0.1, 0.15) is 0 Å². The first-order valence-electron chi connectivity index (χ1n) is 5.07. The summed E-state index contributed by atoms with van der Waals surface area (Å²) in [5.41, 5.74) is -1.43. The highest BCUT2D eigenvalue weighted by atomic mass is 16.6. The molecule has 14 heavy (non-hydrogen) atoms.